The third-order valence-electron chi connectivity index (χ3n) is 4.64. The first-order valence-electron chi connectivity index (χ1n) is 8.69. The summed E-state index contributed by atoms with van der Waals surface area (Å²) in [6, 6.07) is 12.4. The Hall–Kier alpha value is -1.98. The summed E-state index contributed by atoms with van der Waals surface area (Å²) in [7, 11) is 2.14. The van der Waals surface area contributed by atoms with Gasteiger partial charge in [0, 0.05) is 39.1 Å². The fourth-order valence-corrected chi connectivity index (χ4v) is 3.02. The molecule has 1 heterocycles. The molecule has 134 valence electrons. The highest BCUT2D eigenvalue weighted by atomic mass is 19.1. The molecule has 1 atom stereocenters. The lowest BCUT2D eigenvalue weighted by atomic mass is 10.1. The van der Waals surface area contributed by atoms with Crippen LogP contribution in [0.25, 0.3) is 0 Å². The molecule has 1 fully saturated rings. The predicted molar refractivity (Wildman–Crippen MR) is 94.7 cm³/mol. The number of rotatable bonds is 6. The number of hydrogen-bond donors (Lipinski definition) is 0. The monoisotopic (exact) mass is 346 g/mol. The molecule has 1 aliphatic heterocycles. The van der Waals surface area contributed by atoms with Gasteiger partial charge >= 0.3 is 0 Å². The molecule has 0 aliphatic carbocycles. The van der Waals surface area contributed by atoms with Crippen molar-refractivity contribution in [3.05, 3.63) is 65.7 Å². The minimum Gasteiger partial charge on any atom is -0.486 e. The van der Waals surface area contributed by atoms with Gasteiger partial charge in [0.1, 0.15) is 23.5 Å². The second-order valence-corrected chi connectivity index (χ2v) is 6.55. The largest absolute Gasteiger partial charge is 0.486 e. The fourth-order valence-electron chi connectivity index (χ4n) is 3.02. The van der Waals surface area contributed by atoms with Crippen LogP contribution in [-0.4, -0.2) is 49.6 Å². The van der Waals surface area contributed by atoms with E-state index < -0.39 is 0 Å². The van der Waals surface area contributed by atoms with Crippen LogP contribution >= 0.6 is 0 Å². The molecule has 2 aromatic carbocycles. The molecule has 2 aromatic rings. The SMILES string of the molecule is CN1CCN(CCC(Oc2ccc(F)cc2)c2ccc(F)cc2)CC1. The molecular formula is C20H24F2N2O. The standard InChI is InChI=1S/C20H24F2N2O/c1-23-12-14-24(15-13-23)11-10-20(16-2-4-17(21)5-3-16)25-19-8-6-18(22)7-9-19/h2-9,20H,10-15H2,1H3. The Morgan fingerprint density at radius 2 is 1.44 bits per heavy atom. The molecule has 1 saturated heterocycles. The van der Waals surface area contributed by atoms with Gasteiger partial charge in [0.2, 0.25) is 0 Å². The van der Waals surface area contributed by atoms with Crippen molar-refractivity contribution in [1.29, 1.82) is 0 Å². The van der Waals surface area contributed by atoms with Crippen molar-refractivity contribution in [3.63, 3.8) is 0 Å². The lowest BCUT2D eigenvalue weighted by Crippen LogP contribution is -2.45. The van der Waals surface area contributed by atoms with Gasteiger partial charge in [-0.15, -0.1) is 0 Å². The molecule has 3 rings (SSSR count). The third-order valence-corrected chi connectivity index (χ3v) is 4.64. The van der Waals surface area contributed by atoms with E-state index in [9.17, 15) is 8.78 Å². The van der Waals surface area contributed by atoms with E-state index in [1.807, 2.05) is 0 Å². The van der Waals surface area contributed by atoms with E-state index in [1.165, 1.54) is 24.3 Å². The van der Waals surface area contributed by atoms with Crippen LogP contribution in [0, 0.1) is 11.6 Å². The molecule has 5 heteroatoms. The van der Waals surface area contributed by atoms with Crippen molar-refractivity contribution in [2.24, 2.45) is 0 Å². The van der Waals surface area contributed by atoms with E-state index in [4.69, 9.17) is 4.74 Å². The van der Waals surface area contributed by atoms with E-state index in [0.717, 1.165) is 44.7 Å². The van der Waals surface area contributed by atoms with Crippen LogP contribution < -0.4 is 4.74 Å². The van der Waals surface area contributed by atoms with E-state index in [1.54, 1.807) is 24.3 Å². The van der Waals surface area contributed by atoms with Gasteiger partial charge in [-0.05, 0) is 49.0 Å². The van der Waals surface area contributed by atoms with Gasteiger partial charge in [0.25, 0.3) is 0 Å². The normalized spacial score (nSPS) is 17.4. The first kappa shape index (κ1) is 17.8. The Morgan fingerprint density at radius 1 is 0.880 bits per heavy atom. The topological polar surface area (TPSA) is 15.7 Å². The van der Waals surface area contributed by atoms with Crippen LogP contribution in [0.2, 0.25) is 0 Å². The second kappa shape index (κ2) is 8.41. The molecule has 0 spiro atoms. The third kappa shape index (κ3) is 5.25. The maximum absolute atomic E-state index is 13.2. The molecular weight excluding hydrogens is 322 g/mol. The number of likely N-dealkylation sites (N-methyl/N-ethyl adjacent to an activating group) is 1. The summed E-state index contributed by atoms with van der Waals surface area (Å²) in [4.78, 5) is 4.74. The zero-order valence-electron chi connectivity index (χ0n) is 14.5. The summed E-state index contributed by atoms with van der Waals surface area (Å²) in [5, 5.41) is 0. The summed E-state index contributed by atoms with van der Waals surface area (Å²) in [5.74, 6) is 0.0700. The number of ether oxygens (including phenoxy) is 1. The summed E-state index contributed by atoms with van der Waals surface area (Å²) in [6.07, 6.45) is 0.609. The fraction of sp³-hybridized carbons (Fsp3) is 0.400. The smallest absolute Gasteiger partial charge is 0.125 e. The molecule has 0 amide bonds. The summed E-state index contributed by atoms with van der Waals surface area (Å²) >= 11 is 0. The maximum Gasteiger partial charge on any atom is 0.125 e. The van der Waals surface area contributed by atoms with Gasteiger partial charge in [-0.3, -0.25) is 0 Å². The van der Waals surface area contributed by atoms with Gasteiger partial charge < -0.3 is 14.5 Å². The van der Waals surface area contributed by atoms with Crippen molar-refractivity contribution < 1.29 is 13.5 Å². The van der Waals surface area contributed by atoms with Gasteiger partial charge in [-0.25, -0.2) is 8.78 Å². The molecule has 25 heavy (non-hydrogen) atoms. The number of nitrogens with zero attached hydrogens (tertiary/aromatic N) is 2. The van der Waals surface area contributed by atoms with Gasteiger partial charge in [-0.1, -0.05) is 12.1 Å². The summed E-state index contributed by atoms with van der Waals surface area (Å²) < 4.78 is 32.4. The Balaban J connectivity index is 1.67. The Morgan fingerprint density at radius 3 is 2.04 bits per heavy atom. The zero-order chi connectivity index (χ0) is 17.6. The van der Waals surface area contributed by atoms with Crippen molar-refractivity contribution in [1.82, 2.24) is 9.80 Å². The van der Waals surface area contributed by atoms with Gasteiger partial charge in [-0.2, -0.15) is 0 Å². The van der Waals surface area contributed by atoms with Crippen molar-refractivity contribution in [3.8, 4) is 5.75 Å². The van der Waals surface area contributed by atoms with Crippen LogP contribution in [0.3, 0.4) is 0 Å². The molecule has 0 radical (unpaired) electrons. The van der Waals surface area contributed by atoms with Crippen LogP contribution in [0.5, 0.6) is 5.75 Å². The van der Waals surface area contributed by atoms with E-state index in [-0.39, 0.29) is 17.7 Å². The lowest BCUT2D eigenvalue weighted by Gasteiger charge is -2.33. The van der Waals surface area contributed by atoms with Crippen molar-refractivity contribution >= 4 is 0 Å². The molecule has 1 unspecified atom stereocenters. The Kier molecular flexibility index (Phi) is 6.00. The quantitative estimate of drug-likeness (QED) is 0.793. The average Bonchev–Trinajstić information content (AvgIpc) is 2.62. The summed E-state index contributed by atoms with van der Waals surface area (Å²) in [5.41, 5.74) is 0.930. The van der Waals surface area contributed by atoms with Gasteiger partial charge in [0.05, 0.1) is 0 Å². The number of benzene rings is 2. The predicted octanol–water partition coefficient (Wildman–Crippen LogP) is 3.72. The molecule has 0 N–H and O–H groups in total. The van der Waals surface area contributed by atoms with Gasteiger partial charge in [0.15, 0.2) is 0 Å². The highest BCUT2D eigenvalue weighted by Gasteiger charge is 2.18. The lowest BCUT2D eigenvalue weighted by molar-refractivity contribution is 0.123. The number of halogens is 2. The van der Waals surface area contributed by atoms with Crippen LogP contribution in [0.15, 0.2) is 48.5 Å². The highest BCUT2D eigenvalue weighted by molar-refractivity contribution is 5.25. The van der Waals surface area contributed by atoms with Crippen LogP contribution in [0.4, 0.5) is 8.78 Å². The van der Waals surface area contributed by atoms with Crippen molar-refractivity contribution in [2.45, 2.75) is 12.5 Å². The Bertz CT molecular complexity index is 652. The average molecular weight is 346 g/mol. The molecule has 0 saturated carbocycles. The zero-order valence-corrected chi connectivity index (χ0v) is 14.5. The van der Waals surface area contributed by atoms with E-state index >= 15 is 0 Å². The second-order valence-electron chi connectivity index (χ2n) is 6.55. The minimum absolute atomic E-state index is 0.189. The minimum atomic E-state index is -0.289. The van der Waals surface area contributed by atoms with E-state index in [0.29, 0.717) is 5.75 Å². The van der Waals surface area contributed by atoms with E-state index in [2.05, 4.69) is 16.8 Å². The van der Waals surface area contributed by atoms with Crippen molar-refractivity contribution in [2.75, 3.05) is 39.8 Å². The molecule has 1 aliphatic rings. The first-order chi connectivity index (χ1) is 12.1. The molecule has 0 bridgehead atoms. The maximum atomic E-state index is 13.2. The number of piperazine rings is 1. The highest BCUT2D eigenvalue weighted by Crippen LogP contribution is 2.26. The van der Waals surface area contributed by atoms with Crippen LogP contribution in [-0.2, 0) is 0 Å². The molecule has 3 nitrogen and oxygen atoms in total. The first-order valence-corrected chi connectivity index (χ1v) is 8.69. The molecule has 0 aromatic heterocycles. The summed E-state index contributed by atoms with van der Waals surface area (Å²) in [6.45, 7) is 5.14. The number of hydrogen-bond acceptors (Lipinski definition) is 3. The van der Waals surface area contributed by atoms with Crippen LogP contribution in [0.1, 0.15) is 18.1 Å². The Labute approximate surface area is 147 Å².